The van der Waals surface area contributed by atoms with Crippen molar-refractivity contribution >= 4 is 21.9 Å². The number of pyridine rings is 1. The molecular weight excluding hydrogens is 308 g/mol. The number of aryl methyl sites for hydroxylation is 4. The van der Waals surface area contributed by atoms with Crippen molar-refractivity contribution in [2.24, 2.45) is 7.05 Å². The Morgan fingerprint density at radius 1 is 0.920 bits per heavy atom. The Morgan fingerprint density at radius 2 is 1.72 bits per heavy atom. The normalized spacial score (nSPS) is 11.2. The molecule has 0 aliphatic carbocycles. The third kappa shape index (κ3) is 2.30. The van der Waals surface area contributed by atoms with E-state index in [9.17, 15) is 5.26 Å². The van der Waals surface area contributed by atoms with Gasteiger partial charge in [-0.2, -0.15) is 5.26 Å². The highest BCUT2D eigenvalue weighted by atomic mass is 16.3. The molecule has 0 saturated carbocycles. The van der Waals surface area contributed by atoms with Crippen molar-refractivity contribution < 1.29 is 8.98 Å². The van der Waals surface area contributed by atoms with Gasteiger partial charge in [0.05, 0.1) is 17.2 Å². The number of fused-ring (bicyclic) bond motifs is 3. The Labute approximate surface area is 146 Å². The van der Waals surface area contributed by atoms with Gasteiger partial charge in [-0.3, -0.25) is 0 Å². The molecule has 2 aromatic heterocycles. The van der Waals surface area contributed by atoms with Gasteiger partial charge in [0, 0.05) is 22.4 Å². The maximum Gasteiger partial charge on any atom is 0.216 e. The fraction of sp³-hybridized carbons (Fsp3) is 0.182. The molecule has 3 heteroatoms. The first-order valence-corrected chi connectivity index (χ1v) is 8.33. The Balaban J connectivity index is 2.13. The van der Waals surface area contributed by atoms with Crippen LogP contribution in [0.1, 0.15) is 22.3 Å². The molecule has 0 spiro atoms. The smallest absolute Gasteiger partial charge is 0.216 e. The van der Waals surface area contributed by atoms with Gasteiger partial charge in [0.15, 0.2) is 6.20 Å². The van der Waals surface area contributed by atoms with Gasteiger partial charge in [-0.1, -0.05) is 12.1 Å². The van der Waals surface area contributed by atoms with E-state index in [0.717, 1.165) is 33.2 Å². The third-order valence-electron chi connectivity index (χ3n) is 4.98. The standard InChI is InChI=1S/C22H19N2O/c1-13-5-7-17-18-10-16(11-23)6-8-20(18)25-22(17)21(13)19-9-14(2)15(3)12-24(19)4/h5-10,12H,1-4H3/q+1. The lowest BCUT2D eigenvalue weighted by Gasteiger charge is -2.07. The predicted molar refractivity (Wildman–Crippen MR) is 99.3 cm³/mol. The van der Waals surface area contributed by atoms with Crippen LogP contribution in [-0.2, 0) is 7.05 Å². The summed E-state index contributed by atoms with van der Waals surface area (Å²) in [6, 6.07) is 14.2. The van der Waals surface area contributed by atoms with Crippen molar-refractivity contribution in [1.29, 1.82) is 5.26 Å². The Kier molecular flexibility index (Phi) is 3.36. The highest BCUT2D eigenvalue weighted by Crippen LogP contribution is 2.37. The first kappa shape index (κ1) is 15.4. The van der Waals surface area contributed by atoms with Crippen LogP contribution in [0.3, 0.4) is 0 Å². The average molecular weight is 327 g/mol. The van der Waals surface area contributed by atoms with Crippen LogP contribution in [0.15, 0.2) is 47.0 Å². The molecule has 2 aromatic carbocycles. The van der Waals surface area contributed by atoms with E-state index in [0.29, 0.717) is 5.56 Å². The molecule has 2 heterocycles. The van der Waals surface area contributed by atoms with E-state index in [2.05, 4.69) is 62.9 Å². The zero-order chi connectivity index (χ0) is 17.7. The number of hydrogen-bond acceptors (Lipinski definition) is 2. The van der Waals surface area contributed by atoms with E-state index in [4.69, 9.17) is 4.42 Å². The van der Waals surface area contributed by atoms with Gasteiger partial charge in [-0.25, -0.2) is 4.57 Å². The molecule has 0 amide bonds. The summed E-state index contributed by atoms with van der Waals surface area (Å²) in [7, 11) is 2.07. The Bertz CT molecular complexity index is 1190. The van der Waals surface area contributed by atoms with Crippen molar-refractivity contribution in [3.05, 3.63) is 64.8 Å². The number of aromatic nitrogens is 1. The van der Waals surface area contributed by atoms with Crippen LogP contribution in [0.4, 0.5) is 0 Å². The summed E-state index contributed by atoms with van der Waals surface area (Å²) in [5.41, 5.74) is 8.27. The van der Waals surface area contributed by atoms with Crippen LogP contribution in [-0.4, -0.2) is 0 Å². The zero-order valence-corrected chi connectivity index (χ0v) is 14.8. The summed E-state index contributed by atoms with van der Waals surface area (Å²) < 4.78 is 8.37. The minimum Gasteiger partial charge on any atom is -0.455 e. The van der Waals surface area contributed by atoms with Crippen LogP contribution < -0.4 is 4.57 Å². The SMILES string of the molecule is Cc1cc(-c2c(C)ccc3c2oc2ccc(C#N)cc23)[n+](C)cc1C. The van der Waals surface area contributed by atoms with Crippen molar-refractivity contribution in [2.75, 3.05) is 0 Å². The minimum absolute atomic E-state index is 0.647. The second-order valence-corrected chi connectivity index (χ2v) is 6.69. The molecule has 4 aromatic rings. The summed E-state index contributed by atoms with van der Waals surface area (Å²) in [6.45, 7) is 6.36. The van der Waals surface area contributed by atoms with E-state index in [-0.39, 0.29) is 0 Å². The van der Waals surface area contributed by atoms with E-state index >= 15 is 0 Å². The van der Waals surface area contributed by atoms with E-state index in [1.54, 1.807) is 6.07 Å². The lowest BCUT2D eigenvalue weighted by Crippen LogP contribution is -2.31. The molecule has 0 N–H and O–H groups in total. The largest absolute Gasteiger partial charge is 0.455 e. The fourth-order valence-electron chi connectivity index (χ4n) is 3.46. The number of rotatable bonds is 1. The van der Waals surface area contributed by atoms with Crippen molar-refractivity contribution in [2.45, 2.75) is 20.8 Å². The second kappa shape index (κ2) is 5.46. The number of nitrogens with zero attached hydrogens (tertiary/aromatic N) is 2. The number of benzene rings is 2. The van der Waals surface area contributed by atoms with Gasteiger partial charge < -0.3 is 4.42 Å². The zero-order valence-electron chi connectivity index (χ0n) is 14.8. The van der Waals surface area contributed by atoms with Crippen LogP contribution in [0.5, 0.6) is 0 Å². The van der Waals surface area contributed by atoms with E-state index in [1.165, 1.54) is 16.7 Å². The third-order valence-corrected chi connectivity index (χ3v) is 4.98. The van der Waals surface area contributed by atoms with Crippen LogP contribution >= 0.6 is 0 Å². The monoisotopic (exact) mass is 327 g/mol. The van der Waals surface area contributed by atoms with Crippen molar-refractivity contribution in [1.82, 2.24) is 0 Å². The Hall–Kier alpha value is -3.12. The van der Waals surface area contributed by atoms with Gasteiger partial charge in [0.1, 0.15) is 18.2 Å². The summed E-state index contributed by atoms with van der Waals surface area (Å²) >= 11 is 0. The van der Waals surface area contributed by atoms with Gasteiger partial charge in [-0.05, 0) is 50.1 Å². The average Bonchev–Trinajstić information content (AvgIpc) is 2.96. The minimum atomic E-state index is 0.647. The van der Waals surface area contributed by atoms with Crippen molar-refractivity contribution in [3.63, 3.8) is 0 Å². The molecule has 0 radical (unpaired) electrons. The molecule has 122 valence electrons. The highest BCUT2D eigenvalue weighted by Gasteiger charge is 2.21. The molecule has 0 unspecified atom stereocenters. The lowest BCUT2D eigenvalue weighted by molar-refractivity contribution is -0.660. The van der Waals surface area contributed by atoms with Gasteiger partial charge in [-0.15, -0.1) is 0 Å². The maximum atomic E-state index is 9.19. The second-order valence-electron chi connectivity index (χ2n) is 6.69. The van der Waals surface area contributed by atoms with Crippen LogP contribution in [0.2, 0.25) is 0 Å². The summed E-state index contributed by atoms with van der Waals surface area (Å²) in [5.74, 6) is 0. The van der Waals surface area contributed by atoms with Crippen LogP contribution in [0, 0.1) is 32.1 Å². The van der Waals surface area contributed by atoms with Gasteiger partial charge in [0.25, 0.3) is 0 Å². The molecule has 0 bridgehead atoms. The van der Waals surface area contributed by atoms with Crippen LogP contribution in [0.25, 0.3) is 33.2 Å². The first-order valence-electron chi connectivity index (χ1n) is 8.33. The molecule has 0 atom stereocenters. The summed E-state index contributed by atoms with van der Waals surface area (Å²) in [4.78, 5) is 0. The molecule has 4 rings (SSSR count). The molecule has 0 saturated heterocycles. The highest BCUT2D eigenvalue weighted by molar-refractivity contribution is 6.10. The van der Waals surface area contributed by atoms with Crippen molar-refractivity contribution in [3.8, 4) is 17.3 Å². The number of hydrogen-bond donors (Lipinski definition) is 0. The predicted octanol–water partition coefficient (Wildman–Crippen LogP) is 4.87. The van der Waals surface area contributed by atoms with Gasteiger partial charge >= 0.3 is 0 Å². The topological polar surface area (TPSA) is 40.8 Å². The molecule has 3 nitrogen and oxygen atoms in total. The van der Waals surface area contributed by atoms with E-state index in [1.807, 2.05) is 12.1 Å². The fourth-order valence-corrected chi connectivity index (χ4v) is 3.46. The first-order chi connectivity index (χ1) is 12.0. The molecule has 0 fully saturated rings. The molecule has 0 aliphatic heterocycles. The Morgan fingerprint density at radius 3 is 2.48 bits per heavy atom. The molecular formula is C22H19N2O+. The summed E-state index contributed by atoms with van der Waals surface area (Å²) in [5, 5.41) is 11.2. The summed E-state index contributed by atoms with van der Waals surface area (Å²) in [6.07, 6.45) is 2.15. The quantitative estimate of drug-likeness (QED) is 0.468. The number of furan rings is 1. The molecule has 0 aliphatic rings. The van der Waals surface area contributed by atoms with Gasteiger partial charge in [0.2, 0.25) is 5.69 Å². The number of nitriles is 1. The lowest BCUT2D eigenvalue weighted by atomic mass is 9.98. The maximum absolute atomic E-state index is 9.19. The molecule has 25 heavy (non-hydrogen) atoms. The van der Waals surface area contributed by atoms with E-state index < -0.39 is 0 Å².